The Morgan fingerprint density at radius 2 is 1.89 bits per heavy atom. The third-order valence-corrected chi connectivity index (χ3v) is 7.61. The summed E-state index contributed by atoms with van der Waals surface area (Å²) in [5.74, 6) is 0.417. The minimum absolute atomic E-state index is 0.377. The van der Waals surface area contributed by atoms with Crippen molar-refractivity contribution in [3.8, 4) is 11.4 Å². The van der Waals surface area contributed by atoms with Crippen LogP contribution in [0.1, 0.15) is 45.2 Å². The molecule has 0 radical (unpaired) electrons. The van der Waals surface area contributed by atoms with Crippen LogP contribution in [0.5, 0.6) is 0 Å². The van der Waals surface area contributed by atoms with Crippen LogP contribution >= 0.6 is 11.3 Å². The molecule has 1 aliphatic carbocycles. The van der Waals surface area contributed by atoms with Crippen LogP contribution in [0.3, 0.4) is 0 Å². The number of anilines is 1. The molecule has 0 amide bonds. The first-order valence-electron chi connectivity index (χ1n) is 9.48. The lowest BCUT2D eigenvalue weighted by atomic mass is 9.86. The van der Waals surface area contributed by atoms with E-state index in [2.05, 4.69) is 20.0 Å². The zero-order chi connectivity index (χ0) is 19.4. The van der Waals surface area contributed by atoms with Crippen molar-refractivity contribution in [3.63, 3.8) is 0 Å². The Labute approximate surface area is 165 Å². The molecular weight excluding hydrogens is 380 g/mol. The highest BCUT2D eigenvalue weighted by Crippen LogP contribution is 2.29. The van der Waals surface area contributed by atoms with Crippen molar-refractivity contribution in [3.05, 3.63) is 29.3 Å². The Kier molecular flexibility index (Phi) is 6.49. The highest BCUT2D eigenvalue weighted by molar-refractivity contribution is 7.90. The summed E-state index contributed by atoms with van der Waals surface area (Å²) in [6, 6.07) is 6.36. The number of nitrogens with one attached hydrogen (secondary N) is 2. The Bertz CT molecular complexity index is 856. The summed E-state index contributed by atoms with van der Waals surface area (Å²) in [7, 11) is -3.17. The van der Waals surface area contributed by atoms with E-state index in [9.17, 15) is 8.42 Å². The second-order valence-electron chi connectivity index (χ2n) is 7.51. The van der Waals surface area contributed by atoms with Gasteiger partial charge in [0.15, 0.2) is 5.13 Å². The average Bonchev–Trinajstić information content (AvgIpc) is 3.10. The van der Waals surface area contributed by atoms with Crippen LogP contribution in [0, 0.1) is 12.8 Å². The summed E-state index contributed by atoms with van der Waals surface area (Å²) in [5.41, 5.74) is 2.80. The molecule has 0 bridgehead atoms. The first kappa shape index (κ1) is 20.2. The zero-order valence-corrected chi connectivity index (χ0v) is 17.7. The number of aryl methyl sites for hydroxylation is 1. The predicted molar refractivity (Wildman–Crippen MR) is 112 cm³/mol. The first-order valence-corrected chi connectivity index (χ1v) is 11.9. The highest BCUT2D eigenvalue weighted by atomic mass is 32.2. The van der Waals surface area contributed by atoms with Crippen LogP contribution in [0.2, 0.25) is 0 Å². The molecule has 1 saturated carbocycles. The molecule has 1 fully saturated rings. The largest absolute Gasteiger partial charge is 0.359 e. The van der Waals surface area contributed by atoms with E-state index < -0.39 is 10.0 Å². The fourth-order valence-corrected chi connectivity index (χ4v) is 4.81. The lowest BCUT2D eigenvalue weighted by molar-refractivity contribution is 0.337. The first-order chi connectivity index (χ1) is 12.8. The minimum Gasteiger partial charge on any atom is -0.359 e. The normalized spacial score (nSPS) is 20.7. The van der Waals surface area contributed by atoms with Crippen molar-refractivity contribution in [2.75, 3.05) is 11.9 Å². The van der Waals surface area contributed by atoms with Crippen molar-refractivity contribution < 1.29 is 8.42 Å². The van der Waals surface area contributed by atoms with Crippen LogP contribution in [0.15, 0.2) is 23.6 Å². The number of pyridine rings is 1. The second-order valence-corrected chi connectivity index (χ2v) is 10.7. The van der Waals surface area contributed by atoms with Gasteiger partial charge >= 0.3 is 0 Å². The van der Waals surface area contributed by atoms with Gasteiger partial charge in [-0.05, 0) is 64.5 Å². The van der Waals surface area contributed by atoms with E-state index in [0.29, 0.717) is 18.5 Å². The minimum atomic E-state index is -3.17. The standard InChI is InChI=1S/C19H28N4O2S2/c1-13(2)27(24,25)20-11-15-7-9-16(10-8-15)22-19-23-18(12-26-19)17-6-4-5-14(3)21-17/h4-6,12-13,15-16,20H,7-11H2,1-3H3,(H,22,23). The second kappa shape index (κ2) is 8.67. The fraction of sp³-hybridized carbons (Fsp3) is 0.579. The van der Waals surface area contributed by atoms with Crippen LogP contribution in [-0.2, 0) is 10.0 Å². The van der Waals surface area contributed by atoms with E-state index in [4.69, 9.17) is 0 Å². The Morgan fingerprint density at radius 3 is 2.56 bits per heavy atom. The third kappa shape index (κ3) is 5.49. The van der Waals surface area contributed by atoms with Gasteiger partial charge in [0.1, 0.15) is 5.69 Å². The van der Waals surface area contributed by atoms with Gasteiger partial charge in [-0.15, -0.1) is 11.3 Å². The molecule has 148 valence electrons. The van der Waals surface area contributed by atoms with E-state index in [1.807, 2.05) is 30.5 Å². The number of aromatic nitrogens is 2. The van der Waals surface area contributed by atoms with Gasteiger partial charge in [-0.25, -0.2) is 18.1 Å². The molecular formula is C19H28N4O2S2. The summed E-state index contributed by atoms with van der Waals surface area (Å²) in [6.45, 7) is 5.94. The van der Waals surface area contributed by atoms with Crippen LogP contribution in [-0.4, -0.2) is 36.2 Å². The van der Waals surface area contributed by atoms with Gasteiger partial charge in [-0.3, -0.25) is 4.98 Å². The number of hydrogen-bond donors (Lipinski definition) is 2. The SMILES string of the molecule is Cc1cccc(-c2csc(NC3CCC(CNS(=O)(=O)C(C)C)CC3)n2)n1. The maximum absolute atomic E-state index is 11.9. The molecule has 0 aromatic carbocycles. The van der Waals surface area contributed by atoms with Gasteiger partial charge in [-0.2, -0.15) is 0 Å². The number of nitrogens with zero attached hydrogens (tertiary/aromatic N) is 2. The molecule has 8 heteroatoms. The van der Waals surface area contributed by atoms with Gasteiger partial charge < -0.3 is 5.32 Å². The molecule has 0 saturated heterocycles. The molecule has 2 aromatic heterocycles. The van der Waals surface area contributed by atoms with Crippen molar-refractivity contribution in [2.24, 2.45) is 5.92 Å². The quantitative estimate of drug-likeness (QED) is 0.728. The molecule has 27 heavy (non-hydrogen) atoms. The number of rotatable bonds is 7. The van der Waals surface area contributed by atoms with Gasteiger partial charge in [0.2, 0.25) is 10.0 Å². The molecule has 0 atom stereocenters. The summed E-state index contributed by atoms with van der Waals surface area (Å²) >= 11 is 1.61. The summed E-state index contributed by atoms with van der Waals surface area (Å²) < 4.78 is 26.5. The van der Waals surface area contributed by atoms with Crippen molar-refractivity contribution in [1.82, 2.24) is 14.7 Å². The third-order valence-electron chi connectivity index (χ3n) is 5.02. The molecule has 2 aromatic rings. The summed E-state index contributed by atoms with van der Waals surface area (Å²) in [4.78, 5) is 9.20. The lowest BCUT2D eigenvalue weighted by Gasteiger charge is -2.29. The number of sulfonamides is 1. The van der Waals surface area contributed by atoms with Gasteiger partial charge in [0, 0.05) is 23.7 Å². The van der Waals surface area contributed by atoms with Crippen molar-refractivity contribution >= 4 is 26.5 Å². The summed E-state index contributed by atoms with van der Waals surface area (Å²) in [5, 5.41) is 6.13. The van der Waals surface area contributed by atoms with Gasteiger partial charge in [0.25, 0.3) is 0 Å². The molecule has 0 unspecified atom stereocenters. The number of thiazole rings is 1. The molecule has 0 aliphatic heterocycles. The zero-order valence-electron chi connectivity index (χ0n) is 16.1. The van der Waals surface area contributed by atoms with Crippen LogP contribution in [0.25, 0.3) is 11.4 Å². The van der Waals surface area contributed by atoms with Crippen LogP contribution in [0.4, 0.5) is 5.13 Å². The van der Waals surface area contributed by atoms with E-state index in [0.717, 1.165) is 47.9 Å². The topological polar surface area (TPSA) is 84.0 Å². The molecule has 2 heterocycles. The molecule has 2 N–H and O–H groups in total. The molecule has 0 spiro atoms. The smallest absolute Gasteiger partial charge is 0.213 e. The number of hydrogen-bond acceptors (Lipinski definition) is 6. The van der Waals surface area contributed by atoms with Crippen LogP contribution < -0.4 is 10.0 Å². The fourth-order valence-electron chi connectivity index (χ4n) is 3.23. The highest BCUT2D eigenvalue weighted by Gasteiger charge is 2.24. The van der Waals surface area contributed by atoms with E-state index in [1.54, 1.807) is 25.2 Å². The maximum Gasteiger partial charge on any atom is 0.213 e. The Balaban J connectivity index is 1.49. The van der Waals surface area contributed by atoms with E-state index in [-0.39, 0.29) is 5.25 Å². The maximum atomic E-state index is 11.9. The van der Waals surface area contributed by atoms with Crippen molar-refractivity contribution in [1.29, 1.82) is 0 Å². The lowest BCUT2D eigenvalue weighted by Crippen LogP contribution is -2.37. The van der Waals surface area contributed by atoms with Gasteiger partial charge in [0.05, 0.1) is 10.9 Å². The molecule has 3 rings (SSSR count). The summed E-state index contributed by atoms with van der Waals surface area (Å²) in [6.07, 6.45) is 4.11. The predicted octanol–water partition coefficient (Wildman–Crippen LogP) is 3.81. The Hall–Kier alpha value is -1.51. The average molecular weight is 409 g/mol. The van der Waals surface area contributed by atoms with Crippen molar-refractivity contribution in [2.45, 2.75) is 57.7 Å². The van der Waals surface area contributed by atoms with E-state index >= 15 is 0 Å². The van der Waals surface area contributed by atoms with E-state index in [1.165, 1.54) is 0 Å². The Morgan fingerprint density at radius 1 is 1.15 bits per heavy atom. The molecule has 1 aliphatic rings. The monoisotopic (exact) mass is 408 g/mol. The van der Waals surface area contributed by atoms with Gasteiger partial charge in [-0.1, -0.05) is 6.07 Å². The molecule has 6 nitrogen and oxygen atoms in total.